The van der Waals surface area contributed by atoms with Crippen molar-refractivity contribution in [3.63, 3.8) is 0 Å². The van der Waals surface area contributed by atoms with Crippen molar-refractivity contribution in [1.29, 1.82) is 0 Å². The van der Waals surface area contributed by atoms with Crippen LogP contribution in [0.1, 0.15) is 38.2 Å². The molecule has 4 atom stereocenters. The van der Waals surface area contributed by atoms with Gasteiger partial charge >= 0.3 is 0 Å². The van der Waals surface area contributed by atoms with E-state index in [1.54, 1.807) is 0 Å². The SMILES string of the molecule is C[C@H](NCc1ccccc1Br)[C@H]1C[C@@H]2CC[C@@H]1C2. The molecule has 0 unspecified atom stereocenters. The van der Waals surface area contributed by atoms with Crippen molar-refractivity contribution in [3.05, 3.63) is 34.3 Å². The van der Waals surface area contributed by atoms with E-state index in [-0.39, 0.29) is 0 Å². The van der Waals surface area contributed by atoms with Crippen LogP contribution in [0.15, 0.2) is 28.7 Å². The Morgan fingerprint density at radius 3 is 2.78 bits per heavy atom. The molecule has 0 saturated heterocycles. The van der Waals surface area contributed by atoms with Gasteiger partial charge in [-0.3, -0.25) is 0 Å². The molecular weight excluding hydrogens is 286 g/mol. The minimum Gasteiger partial charge on any atom is -0.310 e. The van der Waals surface area contributed by atoms with Crippen LogP contribution < -0.4 is 5.32 Å². The number of rotatable bonds is 4. The van der Waals surface area contributed by atoms with Gasteiger partial charge in [0, 0.05) is 17.1 Å². The molecule has 2 aliphatic carbocycles. The highest BCUT2D eigenvalue weighted by Crippen LogP contribution is 2.49. The molecule has 18 heavy (non-hydrogen) atoms. The van der Waals surface area contributed by atoms with Gasteiger partial charge in [-0.25, -0.2) is 0 Å². The van der Waals surface area contributed by atoms with Crippen LogP contribution in [0.3, 0.4) is 0 Å². The zero-order valence-corrected chi connectivity index (χ0v) is 12.6. The average Bonchev–Trinajstić information content (AvgIpc) is 2.99. The summed E-state index contributed by atoms with van der Waals surface area (Å²) in [6.07, 6.45) is 5.95. The van der Waals surface area contributed by atoms with Gasteiger partial charge in [0.05, 0.1) is 0 Å². The van der Waals surface area contributed by atoms with Gasteiger partial charge in [-0.1, -0.05) is 40.5 Å². The summed E-state index contributed by atoms with van der Waals surface area (Å²) in [5.74, 6) is 2.98. The molecule has 0 spiro atoms. The molecule has 2 aliphatic rings. The number of hydrogen-bond acceptors (Lipinski definition) is 1. The topological polar surface area (TPSA) is 12.0 Å². The molecule has 2 fully saturated rings. The van der Waals surface area contributed by atoms with Crippen LogP contribution in [-0.4, -0.2) is 6.04 Å². The first kappa shape index (κ1) is 12.7. The third-order valence-corrected chi connectivity index (χ3v) is 5.78. The lowest BCUT2D eigenvalue weighted by atomic mass is 9.84. The van der Waals surface area contributed by atoms with Crippen molar-refractivity contribution in [3.8, 4) is 0 Å². The molecule has 0 heterocycles. The molecule has 1 N–H and O–H groups in total. The normalized spacial score (nSPS) is 31.8. The molecule has 0 amide bonds. The second kappa shape index (κ2) is 5.34. The number of halogens is 1. The number of hydrogen-bond donors (Lipinski definition) is 1. The Kier molecular flexibility index (Phi) is 3.76. The van der Waals surface area contributed by atoms with E-state index in [4.69, 9.17) is 0 Å². The molecule has 98 valence electrons. The predicted octanol–water partition coefficient (Wildman–Crippen LogP) is 4.36. The van der Waals surface area contributed by atoms with Crippen LogP contribution in [0.4, 0.5) is 0 Å². The molecule has 0 aromatic heterocycles. The number of benzene rings is 1. The van der Waals surface area contributed by atoms with Gasteiger partial charge in [-0.15, -0.1) is 0 Å². The van der Waals surface area contributed by atoms with Gasteiger partial charge in [-0.05, 0) is 55.6 Å². The lowest BCUT2D eigenvalue weighted by Gasteiger charge is -2.28. The standard InChI is InChI=1S/C16H22BrN/c1-11(15-9-12-6-7-13(15)8-12)18-10-14-4-2-3-5-16(14)17/h2-5,11-13,15,18H,6-10H2,1H3/t11-,12+,13+,15+/m0/s1. The maximum atomic E-state index is 3.74. The Morgan fingerprint density at radius 1 is 1.28 bits per heavy atom. The second-order valence-corrected chi connectivity index (χ2v) is 6.95. The summed E-state index contributed by atoms with van der Waals surface area (Å²) in [5.41, 5.74) is 1.37. The predicted molar refractivity (Wildman–Crippen MR) is 79.4 cm³/mol. The summed E-state index contributed by atoms with van der Waals surface area (Å²) < 4.78 is 1.22. The van der Waals surface area contributed by atoms with Gasteiger partial charge in [0.2, 0.25) is 0 Å². The van der Waals surface area contributed by atoms with Crippen LogP contribution in [0.25, 0.3) is 0 Å². The van der Waals surface area contributed by atoms with Gasteiger partial charge in [0.15, 0.2) is 0 Å². The van der Waals surface area contributed by atoms with E-state index in [0.29, 0.717) is 6.04 Å². The molecule has 2 heteroatoms. The van der Waals surface area contributed by atoms with E-state index in [1.807, 2.05) is 0 Å². The molecule has 1 nitrogen and oxygen atoms in total. The lowest BCUT2D eigenvalue weighted by Crippen LogP contribution is -2.35. The highest BCUT2D eigenvalue weighted by molar-refractivity contribution is 9.10. The zero-order chi connectivity index (χ0) is 12.5. The van der Waals surface area contributed by atoms with Gasteiger partial charge in [-0.2, -0.15) is 0 Å². The quantitative estimate of drug-likeness (QED) is 0.871. The van der Waals surface area contributed by atoms with Crippen molar-refractivity contribution in [2.24, 2.45) is 17.8 Å². The summed E-state index contributed by atoms with van der Waals surface area (Å²) in [6.45, 7) is 3.36. The van der Waals surface area contributed by atoms with Crippen molar-refractivity contribution in [2.45, 2.75) is 45.2 Å². The summed E-state index contributed by atoms with van der Waals surface area (Å²) in [7, 11) is 0. The Labute approximate surface area is 118 Å². The Balaban J connectivity index is 1.56. The van der Waals surface area contributed by atoms with Crippen LogP contribution in [0.5, 0.6) is 0 Å². The average molecular weight is 308 g/mol. The molecule has 3 rings (SSSR count). The molecule has 1 aromatic rings. The summed E-state index contributed by atoms with van der Waals surface area (Å²) in [6, 6.07) is 9.17. The Hall–Kier alpha value is -0.340. The molecule has 0 aliphatic heterocycles. The van der Waals surface area contributed by atoms with E-state index < -0.39 is 0 Å². The maximum Gasteiger partial charge on any atom is 0.0220 e. The molecule has 0 radical (unpaired) electrons. The molecular formula is C16H22BrN. The van der Waals surface area contributed by atoms with Gasteiger partial charge in [0.25, 0.3) is 0 Å². The molecule has 2 bridgehead atoms. The smallest absolute Gasteiger partial charge is 0.0220 e. The summed E-state index contributed by atoms with van der Waals surface area (Å²) in [4.78, 5) is 0. The van der Waals surface area contributed by atoms with Gasteiger partial charge < -0.3 is 5.32 Å². The van der Waals surface area contributed by atoms with Gasteiger partial charge in [0.1, 0.15) is 0 Å². The van der Waals surface area contributed by atoms with E-state index in [9.17, 15) is 0 Å². The summed E-state index contributed by atoms with van der Waals surface area (Å²) >= 11 is 3.62. The van der Waals surface area contributed by atoms with Crippen molar-refractivity contribution in [1.82, 2.24) is 5.32 Å². The van der Waals surface area contributed by atoms with E-state index >= 15 is 0 Å². The molecule has 1 aromatic carbocycles. The number of fused-ring (bicyclic) bond motifs is 2. The first-order valence-corrected chi connectivity index (χ1v) is 8.00. The van der Waals surface area contributed by atoms with Crippen LogP contribution >= 0.6 is 15.9 Å². The molecule has 2 saturated carbocycles. The third kappa shape index (κ3) is 2.50. The minimum absolute atomic E-state index is 0.660. The lowest BCUT2D eigenvalue weighted by molar-refractivity contribution is 0.259. The fourth-order valence-corrected chi connectivity index (χ4v) is 4.40. The van der Waals surface area contributed by atoms with E-state index in [1.165, 1.54) is 35.7 Å². The van der Waals surface area contributed by atoms with E-state index in [2.05, 4.69) is 52.4 Å². The van der Waals surface area contributed by atoms with E-state index in [0.717, 1.165) is 24.3 Å². The summed E-state index contributed by atoms with van der Waals surface area (Å²) in [5, 5.41) is 3.74. The van der Waals surface area contributed by atoms with Crippen LogP contribution in [-0.2, 0) is 6.54 Å². The minimum atomic E-state index is 0.660. The monoisotopic (exact) mass is 307 g/mol. The third-order valence-electron chi connectivity index (χ3n) is 5.01. The van der Waals surface area contributed by atoms with Crippen LogP contribution in [0.2, 0.25) is 0 Å². The fourth-order valence-electron chi connectivity index (χ4n) is 3.97. The first-order chi connectivity index (χ1) is 8.74. The Bertz CT molecular complexity index is 417. The fraction of sp³-hybridized carbons (Fsp3) is 0.625. The van der Waals surface area contributed by atoms with Crippen molar-refractivity contribution in [2.75, 3.05) is 0 Å². The van der Waals surface area contributed by atoms with Crippen LogP contribution in [0, 0.1) is 17.8 Å². The van der Waals surface area contributed by atoms with Crippen molar-refractivity contribution >= 4 is 15.9 Å². The van der Waals surface area contributed by atoms with Crippen molar-refractivity contribution < 1.29 is 0 Å². The first-order valence-electron chi connectivity index (χ1n) is 7.21. The Morgan fingerprint density at radius 2 is 2.11 bits per heavy atom. The number of nitrogens with one attached hydrogen (secondary N) is 1. The highest BCUT2D eigenvalue weighted by atomic mass is 79.9. The largest absolute Gasteiger partial charge is 0.310 e. The highest BCUT2D eigenvalue weighted by Gasteiger charge is 2.41. The maximum absolute atomic E-state index is 3.74. The zero-order valence-electron chi connectivity index (χ0n) is 11.0. The second-order valence-electron chi connectivity index (χ2n) is 6.10.